The first-order valence-corrected chi connectivity index (χ1v) is 6.82. The molecule has 2 N–H and O–H groups in total. The van der Waals surface area contributed by atoms with Gasteiger partial charge in [-0.05, 0) is 55.0 Å². The highest BCUT2D eigenvalue weighted by Crippen LogP contribution is 2.22. The molecule has 0 saturated heterocycles. The first kappa shape index (κ1) is 13.7. The van der Waals surface area contributed by atoms with E-state index in [-0.39, 0.29) is 0 Å². The zero-order valence-corrected chi connectivity index (χ0v) is 12.3. The van der Waals surface area contributed by atoms with Crippen molar-refractivity contribution in [3.05, 3.63) is 52.5 Å². The maximum atomic E-state index is 5.67. The summed E-state index contributed by atoms with van der Waals surface area (Å²) in [4.78, 5) is 0. The van der Waals surface area contributed by atoms with E-state index < -0.39 is 0 Å². The molecule has 0 aliphatic carbocycles. The van der Waals surface area contributed by atoms with Gasteiger partial charge in [0.15, 0.2) is 0 Å². The van der Waals surface area contributed by atoms with Gasteiger partial charge in [-0.15, -0.1) is 0 Å². The van der Waals surface area contributed by atoms with Gasteiger partial charge in [0.1, 0.15) is 24.7 Å². The van der Waals surface area contributed by atoms with E-state index in [1.807, 2.05) is 49.4 Å². The average molecular weight is 322 g/mol. The van der Waals surface area contributed by atoms with Gasteiger partial charge in [-0.1, -0.05) is 15.9 Å². The highest BCUT2D eigenvalue weighted by molar-refractivity contribution is 9.10. The number of hydrogen-bond acceptors (Lipinski definition) is 3. The lowest BCUT2D eigenvalue weighted by Crippen LogP contribution is -2.09. The quantitative estimate of drug-likeness (QED) is 0.673. The van der Waals surface area contributed by atoms with Gasteiger partial charge in [-0.25, -0.2) is 0 Å². The second kappa shape index (κ2) is 6.48. The van der Waals surface area contributed by atoms with Gasteiger partial charge in [-0.2, -0.15) is 0 Å². The average Bonchev–Trinajstić information content (AvgIpc) is 2.39. The van der Waals surface area contributed by atoms with E-state index in [9.17, 15) is 0 Å². The summed E-state index contributed by atoms with van der Waals surface area (Å²) in [5, 5.41) is 0. The van der Waals surface area contributed by atoms with E-state index in [1.54, 1.807) is 0 Å². The van der Waals surface area contributed by atoms with Crippen molar-refractivity contribution in [2.75, 3.05) is 18.9 Å². The lowest BCUT2D eigenvalue weighted by atomic mass is 10.2. The Morgan fingerprint density at radius 2 is 1.68 bits per heavy atom. The molecule has 0 radical (unpaired) electrons. The number of nitrogen functional groups attached to an aromatic ring is 1. The zero-order chi connectivity index (χ0) is 13.7. The van der Waals surface area contributed by atoms with Crippen molar-refractivity contribution in [3.63, 3.8) is 0 Å². The van der Waals surface area contributed by atoms with Crippen LogP contribution in [0.15, 0.2) is 46.9 Å². The molecule has 0 aliphatic rings. The molecule has 19 heavy (non-hydrogen) atoms. The molecule has 0 amide bonds. The fourth-order valence-corrected chi connectivity index (χ4v) is 2.13. The third-order valence-electron chi connectivity index (χ3n) is 2.63. The molecule has 2 aromatic carbocycles. The van der Waals surface area contributed by atoms with E-state index in [4.69, 9.17) is 15.2 Å². The monoisotopic (exact) mass is 321 g/mol. The summed E-state index contributed by atoms with van der Waals surface area (Å²) in [6.45, 7) is 3.02. The normalized spacial score (nSPS) is 10.2. The highest BCUT2D eigenvalue weighted by atomic mass is 79.9. The van der Waals surface area contributed by atoms with Crippen molar-refractivity contribution < 1.29 is 9.47 Å². The lowest BCUT2D eigenvalue weighted by molar-refractivity contribution is 0.216. The van der Waals surface area contributed by atoms with Crippen LogP contribution in [0.25, 0.3) is 0 Å². The van der Waals surface area contributed by atoms with Crippen molar-refractivity contribution in [1.82, 2.24) is 0 Å². The summed E-state index contributed by atoms with van der Waals surface area (Å²) in [5.74, 6) is 1.68. The second-order valence-electron chi connectivity index (χ2n) is 4.18. The Kier molecular flexibility index (Phi) is 4.68. The minimum Gasteiger partial charge on any atom is -0.490 e. The van der Waals surface area contributed by atoms with Gasteiger partial charge in [-0.3, -0.25) is 0 Å². The number of nitrogens with two attached hydrogens (primary N) is 1. The number of aryl methyl sites for hydroxylation is 1. The minimum atomic E-state index is 0.499. The second-order valence-corrected chi connectivity index (χ2v) is 5.09. The SMILES string of the molecule is Cc1cc(Br)ccc1OCCOc1ccc(N)cc1. The van der Waals surface area contributed by atoms with Crippen LogP contribution in [0.3, 0.4) is 0 Å². The van der Waals surface area contributed by atoms with Crippen molar-refractivity contribution in [3.8, 4) is 11.5 Å². The Morgan fingerprint density at radius 3 is 2.37 bits per heavy atom. The van der Waals surface area contributed by atoms with Crippen LogP contribution in [0.5, 0.6) is 11.5 Å². The van der Waals surface area contributed by atoms with Gasteiger partial charge >= 0.3 is 0 Å². The molecular formula is C15H16BrNO2. The number of ether oxygens (including phenoxy) is 2. The van der Waals surface area contributed by atoms with Crippen molar-refractivity contribution in [2.24, 2.45) is 0 Å². The Hall–Kier alpha value is -1.68. The molecule has 0 saturated carbocycles. The molecule has 0 unspecified atom stereocenters. The molecule has 2 rings (SSSR count). The largest absolute Gasteiger partial charge is 0.490 e. The van der Waals surface area contributed by atoms with Gasteiger partial charge in [0.25, 0.3) is 0 Å². The maximum Gasteiger partial charge on any atom is 0.122 e. The molecular weight excluding hydrogens is 306 g/mol. The lowest BCUT2D eigenvalue weighted by Gasteiger charge is -2.10. The molecule has 0 heterocycles. The van der Waals surface area contributed by atoms with Gasteiger partial charge in [0, 0.05) is 10.2 Å². The highest BCUT2D eigenvalue weighted by Gasteiger charge is 2.00. The summed E-state index contributed by atoms with van der Waals surface area (Å²) in [5.41, 5.74) is 7.43. The van der Waals surface area contributed by atoms with Crippen molar-refractivity contribution in [1.29, 1.82) is 0 Å². The fourth-order valence-electron chi connectivity index (χ4n) is 1.65. The van der Waals surface area contributed by atoms with Gasteiger partial charge < -0.3 is 15.2 Å². The molecule has 0 spiro atoms. The summed E-state index contributed by atoms with van der Waals surface area (Å²) in [6.07, 6.45) is 0. The predicted molar refractivity (Wildman–Crippen MR) is 80.7 cm³/mol. The van der Waals surface area contributed by atoms with E-state index >= 15 is 0 Å². The Bertz CT molecular complexity index is 540. The Labute approximate surface area is 121 Å². The number of anilines is 1. The molecule has 100 valence electrons. The standard InChI is InChI=1S/C15H16BrNO2/c1-11-10-12(16)2-7-15(11)19-9-8-18-14-5-3-13(17)4-6-14/h2-7,10H,8-9,17H2,1H3. The topological polar surface area (TPSA) is 44.5 Å². The minimum absolute atomic E-state index is 0.499. The first-order chi connectivity index (χ1) is 9.15. The van der Waals surface area contributed by atoms with Gasteiger partial charge in [0.2, 0.25) is 0 Å². The molecule has 0 aromatic heterocycles. The molecule has 0 bridgehead atoms. The van der Waals surface area contributed by atoms with Crippen LogP contribution in [-0.4, -0.2) is 13.2 Å². The third-order valence-corrected chi connectivity index (χ3v) is 3.12. The summed E-state index contributed by atoms with van der Waals surface area (Å²) in [6, 6.07) is 13.3. The van der Waals surface area contributed by atoms with Crippen LogP contribution in [-0.2, 0) is 0 Å². The molecule has 0 atom stereocenters. The third kappa shape index (κ3) is 4.17. The number of halogens is 1. The fraction of sp³-hybridized carbons (Fsp3) is 0.200. The van der Waals surface area contributed by atoms with Gasteiger partial charge in [0.05, 0.1) is 0 Å². The molecule has 2 aromatic rings. The van der Waals surface area contributed by atoms with Crippen LogP contribution >= 0.6 is 15.9 Å². The predicted octanol–water partition coefficient (Wildman–Crippen LogP) is 3.80. The summed E-state index contributed by atoms with van der Waals surface area (Å²) >= 11 is 3.42. The van der Waals surface area contributed by atoms with E-state index in [1.165, 1.54) is 0 Å². The maximum absolute atomic E-state index is 5.67. The van der Waals surface area contributed by atoms with Crippen LogP contribution in [0, 0.1) is 6.92 Å². The van der Waals surface area contributed by atoms with Crippen LogP contribution < -0.4 is 15.2 Å². The van der Waals surface area contributed by atoms with E-state index in [2.05, 4.69) is 15.9 Å². The molecule has 0 aliphatic heterocycles. The smallest absolute Gasteiger partial charge is 0.122 e. The van der Waals surface area contributed by atoms with Crippen molar-refractivity contribution >= 4 is 21.6 Å². The van der Waals surface area contributed by atoms with E-state index in [0.29, 0.717) is 13.2 Å². The number of benzene rings is 2. The number of rotatable bonds is 5. The van der Waals surface area contributed by atoms with E-state index in [0.717, 1.165) is 27.2 Å². The van der Waals surface area contributed by atoms with Crippen LogP contribution in [0.2, 0.25) is 0 Å². The first-order valence-electron chi connectivity index (χ1n) is 6.02. The van der Waals surface area contributed by atoms with Crippen molar-refractivity contribution in [2.45, 2.75) is 6.92 Å². The number of hydrogen-bond donors (Lipinski definition) is 1. The molecule has 4 heteroatoms. The summed E-state index contributed by atoms with van der Waals surface area (Å²) < 4.78 is 12.3. The Morgan fingerprint density at radius 1 is 1.00 bits per heavy atom. The zero-order valence-electron chi connectivity index (χ0n) is 10.7. The van der Waals surface area contributed by atoms with Crippen LogP contribution in [0.4, 0.5) is 5.69 Å². The molecule has 3 nitrogen and oxygen atoms in total. The summed E-state index contributed by atoms with van der Waals surface area (Å²) in [7, 11) is 0. The Balaban J connectivity index is 1.79. The van der Waals surface area contributed by atoms with Crippen LogP contribution in [0.1, 0.15) is 5.56 Å². The molecule has 0 fully saturated rings.